The predicted octanol–water partition coefficient (Wildman–Crippen LogP) is 3.96. The number of nitrogens with zero attached hydrogens (tertiary/aromatic N) is 2. The molecule has 0 atom stereocenters. The van der Waals surface area contributed by atoms with E-state index in [9.17, 15) is 17.6 Å². The number of aryl methyl sites for hydroxylation is 1. The standard InChI is InChI=1S/C19H16ClFN2O5S/c1-12-9-15(28-22-12)11-27-19(24)17-10-16(7-8-18(17)20)29(25,26)23(2)14-5-3-13(21)4-6-14/h3-10H,11H2,1-2H3. The summed E-state index contributed by atoms with van der Waals surface area (Å²) < 4.78 is 50.0. The van der Waals surface area contributed by atoms with Crippen molar-refractivity contribution in [2.75, 3.05) is 11.4 Å². The van der Waals surface area contributed by atoms with Gasteiger partial charge in [0.25, 0.3) is 10.0 Å². The van der Waals surface area contributed by atoms with E-state index in [-0.39, 0.29) is 27.8 Å². The zero-order valence-corrected chi connectivity index (χ0v) is 17.0. The zero-order chi connectivity index (χ0) is 21.2. The van der Waals surface area contributed by atoms with Crippen LogP contribution in [0.3, 0.4) is 0 Å². The summed E-state index contributed by atoms with van der Waals surface area (Å²) in [5, 5.41) is 3.72. The van der Waals surface area contributed by atoms with Gasteiger partial charge in [0.1, 0.15) is 5.82 Å². The summed E-state index contributed by atoms with van der Waals surface area (Å²) in [7, 11) is -2.70. The van der Waals surface area contributed by atoms with Gasteiger partial charge in [-0.15, -0.1) is 0 Å². The van der Waals surface area contributed by atoms with Gasteiger partial charge >= 0.3 is 5.97 Å². The number of sulfonamides is 1. The molecule has 1 aromatic heterocycles. The minimum atomic E-state index is -4.03. The zero-order valence-electron chi connectivity index (χ0n) is 15.4. The number of hydrogen-bond donors (Lipinski definition) is 0. The highest BCUT2D eigenvalue weighted by Gasteiger charge is 2.24. The molecule has 152 valence electrons. The van der Waals surface area contributed by atoms with Crippen LogP contribution in [0.15, 0.2) is 57.9 Å². The van der Waals surface area contributed by atoms with Crippen molar-refractivity contribution in [3.8, 4) is 0 Å². The van der Waals surface area contributed by atoms with Gasteiger partial charge in [0.05, 0.1) is 26.9 Å². The highest BCUT2D eigenvalue weighted by Crippen LogP contribution is 2.26. The van der Waals surface area contributed by atoms with Crippen LogP contribution >= 0.6 is 11.6 Å². The maximum Gasteiger partial charge on any atom is 0.340 e. The first-order chi connectivity index (χ1) is 13.7. The maximum absolute atomic E-state index is 13.1. The molecular formula is C19H16ClFN2O5S. The van der Waals surface area contributed by atoms with E-state index < -0.39 is 21.8 Å². The lowest BCUT2D eigenvalue weighted by Gasteiger charge is -2.20. The minimum Gasteiger partial charge on any atom is -0.454 e. The topological polar surface area (TPSA) is 89.7 Å². The number of rotatable bonds is 6. The van der Waals surface area contributed by atoms with Crippen molar-refractivity contribution in [3.05, 3.63) is 76.4 Å². The predicted molar refractivity (Wildman–Crippen MR) is 104 cm³/mol. The van der Waals surface area contributed by atoms with Gasteiger partial charge in [-0.25, -0.2) is 17.6 Å². The molecule has 0 fully saturated rings. The molecule has 0 spiro atoms. The minimum absolute atomic E-state index is 0.0344. The SMILES string of the molecule is Cc1cc(COC(=O)c2cc(S(=O)(=O)N(C)c3ccc(F)cc3)ccc2Cl)on1. The Bertz CT molecular complexity index is 1150. The highest BCUT2D eigenvalue weighted by molar-refractivity contribution is 7.92. The normalized spacial score (nSPS) is 11.3. The van der Waals surface area contributed by atoms with Crippen molar-refractivity contribution in [1.29, 1.82) is 0 Å². The van der Waals surface area contributed by atoms with E-state index >= 15 is 0 Å². The monoisotopic (exact) mass is 438 g/mol. The fourth-order valence-electron chi connectivity index (χ4n) is 2.47. The fourth-order valence-corrected chi connectivity index (χ4v) is 3.88. The second kappa shape index (κ2) is 8.22. The van der Waals surface area contributed by atoms with Crippen molar-refractivity contribution in [3.63, 3.8) is 0 Å². The lowest BCUT2D eigenvalue weighted by atomic mass is 10.2. The summed E-state index contributed by atoms with van der Waals surface area (Å²) >= 11 is 6.05. The number of carbonyl (C=O) groups is 1. The first-order valence-corrected chi connectivity index (χ1v) is 10.1. The molecule has 10 heteroatoms. The van der Waals surface area contributed by atoms with Gasteiger partial charge in [0, 0.05) is 13.1 Å². The highest BCUT2D eigenvalue weighted by atomic mass is 35.5. The summed E-state index contributed by atoms with van der Waals surface area (Å²) in [5.74, 6) is -0.963. The first kappa shape index (κ1) is 20.8. The molecule has 0 aliphatic heterocycles. The molecule has 0 unspecified atom stereocenters. The second-order valence-electron chi connectivity index (χ2n) is 6.10. The molecule has 0 bridgehead atoms. The smallest absolute Gasteiger partial charge is 0.340 e. The number of aromatic nitrogens is 1. The molecule has 0 saturated carbocycles. The Hall–Kier alpha value is -2.91. The summed E-state index contributed by atoms with van der Waals surface area (Å²) in [6.45, 7) is 1.54. The summed E-state index contributed by atoms with van der Waals surface area (Å²) in [5.41, 5.74) is 0.772. The maximum atomic E-state index is 13.1. The van der Waals surface area contributed by atoms with E-state index in [4.69, 9.17) is 20.9 Å². The van der Waals surface area contributed by atoms with Crippen molar-refractivity contribution in [2.45, 2.75) is 18.4 Å². The summed E-state index contributed by atoms with van der Waals surface area (Å²) in [6, 6.07) is 10.3. The van der Waals surface area contributed by atoms with E-state index in [1.54, 1.807) is 13.0 Å². The number of anilines is 1. The van der Waals surface area contributed by atoms with Crippen molar-refractivity contribution in [2.24, 2.45) is 0 Å². The van der Waals surface area contributed by atoms with Crippen LogP contribution in [0, 0.1) is 12.7 Å². The van der Waals surface area contributed by atoms with E-state index in [0.717, 1.165) is 22.5 Å². The van der Waals surface area contributed by atoms with Crippen molar-refractivity contribution in [1.82, 2.24) is 5.16 Å². The molecule has 0 saturated heterocycles. The lowest BCUT2D eigenvalue weighted by molar-refractivity contribution is 0.0437. The first-order valence-electron chi connectivity index (χ1n) is 8.32. The number of hydrogen-bond acceptors (Lipinski definition) is 6. The van der Waals surface area contributed by atoms with E-state index in [0.29, 0.717) is 11.5 Å². The van der Waals surface area contributed by atoms with Crippen LogP contribution in [0.25, 0.3) is 0 Å². The Labute approximate surface area is 171 Å². The molecule has 0 aliphatic rings. The van der Waals surface area contributed by atoms with Crippen LogP contribution in [0.2, 0.25) is 5.02 Å². The van der Waals surface area contributed by atoms with Gasteiger partial charge in [0.2, 0.25) is 0 Å². The molecule has 0 radical (unpaired) electrons. The van der Waals surface area contributed by atoms with Gasteiger partial charge in [-0.05, 0) is 49.4 Å². The number of ether oxygens (including phenoxy) is 1. The molecule has 3 aromatic rings. The van der Waals surface area contributed by atoms with Crippen LogP contribution in [0.4, 0.5) is 10.1 Å². The van der Waals surface area contributed by atoms with Gasteiger partial charge in [0.15, 0.2) is 12.4 Å². The number of esters is 1. The average Bonchev–Trinajstić information content (AvgIpc) is 3.11. The average molecular weight is 439 g/mol. The largest absolute Gasteiger partial charge is 0.454 e. The Morgan fingerprint density at radius 3 is 2.52 bits per heavy atom. The number of carbonyl (C=O) groups excluding carboxylic acids is 1. The van der Waals surface area contributed by atoms with Crippen LogP contribution in [-0.2, 0) is 21.4 Å². The molecule has 3 rings (SSSR count). The molecular weight excluding hydrogens is 423 g/mol. The quantitative estimate of drug-likeness (QED) is 0.541. The Morgan fingerprint density at radius 2 is 1.90 bits per heavy atom. The van der Waals surface area contributed by atoms with Crippen molar-refractivity contribution < 1.29 is 26.9 Å². The van der Waals surface area contributed by atoms with E-state index in [2.05, 4.69) is 5.16 Å². The fraction of sp³-hybridized carbons (Fsp3) is 0.158. The van der Waals surface area contributed by atoms with Gasteiger partial charge in [-0.3, -0.25) is 4.31 Å². The molecule has 0 N–H and O–H groups in total. The van der Waals surface area contributed by atoms with Crippen LogP contribution in [-0.4, -0.2) is 26.6 Å². The van der Waals surface area contributed by atoms with E-state index in [1.165, 1.54) is 31.3 Å². The van der Waals surface area contributed by atoms with Gasteiger partial charge < -0.3 is 9.26 Å². The molecule has 7 nitrogen and oxygen atoms in total. The lowest BCUT2D eigenvalue weighted by Crippen LogP contribution is -2.26. The summed E-state index contributed by atoms with van der Waals surface area (Å²) in [6.07, 6.45) is 0. The van der Waals surface area contributed by atoms with E-state index in [1.807, 2.05) is 0 Å². The van der Waals surface area contributed by atoms with Gasteiger partial charge in [-0.1, -0.05) is 16.8 Å². The molecule has 29 heavy (non-hydrogen) atoms. The Morgan fingerprint density at radius 1 is 1.21 bits per heavy atom. The Kier molecular flexibility index (Phi) is 5.90. The molecule has 0 amide bonds. The second-order valence-corrected chi connectivity index (χ2v) is 8.48. The molecule has 0 aliphatic carbocycles. The van der Waals surface area contributed by atoms with Crippen LogP contribution in [0.5, 0.6) is 0 Å². The summed E-state index contributed by atoms with van der Waals surface area (Å²) in [4.78, 5) is 12.2. The van der Waals surface area contributed by atoms with Gasteiger partial charge in [-0.2, -0.15) is 0 Å². The third-order valence-corrected chi connectivity index (χ3v) is 6.14. The third kappa shape index (κ3) is 4.57. The molecule has 2 aromatic carbocycles. The van der Waals surface area contributed by atoms with Crippen molar-refractivity contribution >= 4 is 33.3 Å². The van der Waals surface area contributed by atoms with Crippen LogP contribution < -0.4 is 4.31 Å². The number of benzene rings is 2. The number of halogens is 2. The third-order valence-electron chi connectivity index (χ3n) is 4.03. The van der Waals surface area contributed by atoms with Crippen LogP contribution in [0.1, 0.15) is 21.8 Å². The molecule has 1 heterocycles. The Balaban J connectivity index is 1.85.